The molecular formula is C6H6F3NO2. The second-order valence-electron chi connectivity index (χ2n) is 2.31. The third kappa shape index (κ3) is 1.76. The monoisotopic (exact) mass is 181 g/mol. The Hall–Kier alpha value is -1.04. The molecule has 12 heavy (non-hydrogen) atoms. The van der Waals surface area contributed by atoms with Gasteiger partial charge in [0.1, 0.15) is 11.5 Å². The molecule has 0 radical (unpaired) electrons. The first-order valence-electron chi connectivity index (χ1n) is 3.09. The van der Waals surface area contributed by atoms with Gasteiger partial charge in [-0.3, -0.25) is 0 Å². The molecule has 0 unspecified atom stereocenters. The molecule has 0 saturated carbocycles. The number of aliphatic hydroxyl groups excluding tert-OH is 1. The molecule has 1 aromatic rings. The van der Waals surface area contributed by atoms with Gasteiger partial charge >= 0.3 is 6.18 Å². The maximum Gasteiger partial charge on any atom is 0.420 e. The Morgan fingerprint density at radius 2 is 2.17 bits per heavy atom. The average molecular weight is 181 g/mol. The topological polar surface area (TPSA) is 46.3 Å². The predicted molar refractivity (Wildman–Crippen MR) is 32.3 cm³/mol. The first-order chi connectivity index (χ1) is 5.41. The molecule has 0 bridgehead atoms. The van der Waals surface area contributed by atoms with E-state index in [0.29, 0.717) is 0 Å². The lowest BCUT2D eigenvalue weighted by atomic mass is 10.2. The highest BCUT2D eigenvalue weighted by atomic mass is 19.4. The Morgan fingerprint density at radius 1 is 1.58 bits per heavy atom. The van der Waals surface area contributed by atoms with Crippen molar-refractivity contribution >= 4 is 0 Å². The van der Waals surface area contributed by atoms with Crippen LogP contribution in [0.1, 0.15) is 17.6 Å². The summed E-state index contributed by atoms with van der Waals surface area (Å²) in [6.45, 7) is 1.44. The summed E-state index contributed by atoms with van der Waals surface area (Å²) in [6.07, 6.45) is -7.25. The van der Waals surface area contributed by atoms with Gasteiger partial charge in [-0.2, -0.15) is 13.2 Å². The fourth-order valence-electron chi connectivity index (χ4n) is 0.682. The van der Waals surface area contributed by atoms with Crippen LogP contribution in [0, 0.1) is 6.92 Å². The van der Waals surface area contributed by atoms with E-state index in [0.717, 1.165) is 6.07 Å². The van der Waals surface area contributed by atoms with E-state index >= 15 is 0 Å². The maximum absolute atomic E-state index is 11.8. The third-order valence-electron chi connectivity index (χ3n) is 1.24. The number of aromatic nitrogens is 1. The SMILES string of the molecule is Cc1cc([C@H](O)C(F)(F)F)no1. The van der Waals surface area contributed by atoms with E-state index in [1.54, 1.807) is 0 Å². The molecule has 0 saturated heterocycles. The van der Waals surface area contributed by atoms with Gasteiger partial charge in [-0.1, -0.05) is 5.16 Å². The molecule has 1 rings (SSSR count). The third-order valence-corrected chi connectivity index (χ3v) is 1.24. The number of hydrogen-bond donors (Lipinski definition) is 1. The summed E-state index contributed by atoms with van der Waals surface area (Å²) in [5.74, 6) is 0.230. The van der Waals surface area contributed by atoms with Gasteiger partial charge in [-0.05, 0) is 6.92 Å². The lowest BCUT2D eigenvalue weighted by Crippen LogP contribution is -2.20. The first kappa shape index (κ1) is 9.05. The number of aryl methyl sites for hydroxylation is 1. The second kappa shape index (κ2) is 2.78. The molecule has 1 heterocycles. The summed E-state index contributed by atoms with van der Waals surface area (Å²) >= 11 is 0. The molecule has 1 aromatic heterocycles. The minimum atomic E-state index is -4.69. The smallest absolute Gasteiger partial charge is 0.378 e. The number of hydrogen-bond acceptors (Lipinski definition) is 3. The van der Waals surface area contributed by atoms with Crippen LogP contribution in [0.5, 0.6) is 0 Å². The van der Waals surface area contributed by atoms with E-state index < -0.39 is 18.0 Å². The molecule has 1 atom stereocenters. The van der Waals surface area contributed by atoms with E-state index in [1.165, 1.54) is 6.92 Å². The number of nitrogens with zero attached hydrogens (tertiary/aromatic N) is 1. The van der Waals surface area contributed by atoms with Crippen molar-refractivity contribution in [2.75, 3.05) is 0 Å². The molecule has 0 fully saturated rings. The van der Waals surface area contributed by atoms with Gasteiger partial charge in [0.25, 0.3) is 0 Å². The fourth-order valence-corrected chi connectivity index (χ4v) is 0.682. The Kier molecular flexibility index (Phi) is 2.10. The van der Waals surface area contributed by atoms with Crippen LogP contribution in [0.3, 0.4) is 0 Å². The normalized spacial score (nSPS) is 14.8. The van der Waals surface area contributed by atoms with Crippen molar-refractivity contribution < 1.29 is 22.8 Å². The van der Waals surface area contributed by atoms with Gasteiger partial charge in [-0.15, -0.1) is 0 Å². The molecular weight excluding hydrogens is 175 g/mol. The summed E-state index contributed by atoms with van der Waals surface area (Å²) in [4.78, 5) is 0. The Balaban J connectivity index is 2.85. The average Bonchev–Trinajstić information content (AvgIpc) is 2.32. The standard InChI is InChI=1S/C6H6F3NO2/c1-3-2-4(10-12-3)5(11)6(7,8)9/h2,5,11H,1H3/t5-/m0/s1. The second-order valence-corrected chi connectivity index (χ2v) is 2.31. The summed E-state index contributed by atoms with van der Waals surface area (Å²) in [5, 5.41) is 11.7. The van der Waals surface area contributed by atoms with Gasteiger partial charge in [0.05, 0.1) is 0 Å². The van der Waals surface area contributed by atoms with Gasteiger partial charge in [0.15, 0.2) is 6.10 Å². The Morgan fingerprint density at radius 3 is 2.50 bits per heavy atom. The van der Waals surface area contributed by atoms with E-state index in [1.807, 2.05) is 0 Å². The number of aliphatic hydroxyl groups is 1. The summed E-state index contributed by atoms with van der Waals surface area (Å²) in [6, 6.07) is 1.04. The Bertz CT molecular complexity index is 268. The maximum atomic E-state index is 11.8. The minimum absolute atomic E-state index is 0.230. The first-order valence-corrected chi connectivity index (χ1v) is 3.09. The highest BCUT2D eigenvalue weighted by Gasteiger charge is 2.41. The van der Waals surface area contributed by atoms with Crippen LogP contribution in [-0.4, -0.2) is 16.4 Å². The van der Waals surface area contributed by atoms with Crippen LogP contribution in [-0.2, 0) is 0 Å². The summed E-state index contributed by atoms with van der Waals surface area (Å²) in [5.41, 5.74) is -0.514. The minimum Gasteiger partial charge on any atom is -0.378 e. The van der Waals surface area contributed by atoms with Gasteiger partial charge < -0.3 is 9.63 Å². The van der Waals surface area contributed by atoms with Crippen molar-refractivity contribution in [3.05, 3.63) is 17.5 Å². The zero-order valence-electron chi connectivity index (χ0n) is 6.09. The predicted octanol–water partition coefficient (Wildman–Crippen LogP) is 1.58. The molecule has 0 aliphatic heterocycles. The molecule has 0 aromatic carbocycles. The highest BCUT2D eigenvalue weighted by molar-refractivity contribution is 5.08. The largest absolute Gasteiger partial charge is 0.420 e. The van der Waals surface area contributed by atoms with Crippen LogP contribution in [0.15, 0.2) is 10.6 Å². The molecule has 0 aliphatic rings. The van der Waals surface area contributed by atoms with Crippen molar-refractivity contribution in [3.63, 3.8) is 0 Å². The molecule has 0 aliphatic carbocycles. The Labute approximate surface area is 65.8 Å². The lowest BCUT2D eigenvalue weighted by molar-refractivity contribution is -0.208. The molecule has 68 valence electrons. The van der Waals surface area contributed by atoms with Gasteiger partial charge in [-0.25, -0.2) is 0 Å². The fraction of sp³-hybridized carbons (Fsp3) is 0.500. The van der Waals surface area contributed by atoms with Crippen molar-refractivity contribution in [3.8, 4) is 0 Å². The van der Waals surface area contributed by atoms with E-state index in [9.17, 15) is 13.2 Å². The van der Waals surface area contributed by atoms with E-state index in [-0.39, 0.29) is 5.76 Å². The van der Waals surface area contributed by atoms with Gasteiger partial charge in [0.2, 0.25) is 0 Å². The zero-order chi connectivity index (χ0) is 9.35. The van der Waals surface area contributed by atoms with Crippen molar-refractivity contribution in [1.82, 2.24) is 5.16 Å². The highest BCUT2D eigenvalue weighted by Crippen LogP contribution is 2.31. The molecule has 0 amide bonds. The summed E-state index contributed by atoms with van der Waals surface area (Å²) < 4.78 is 39.8. The van der Waals surface area contributed by atoms with Crippen LogP contribution in [0.2, 0.25) is 0 Å². The quantitative estimate of drug-likeness (QED) is 0.715. The number of alkyl halides is 3. The molecule has 0 spiro atoms. The lowest BCUT2D eigenvalue weighted by Gasteiger charge is -2.10. The molecule has 6 heteroatoms. The molecule has 1 N–H and O–H groups in total. The van der Waals surface area contributed by atoms with Gasteiger partial charge in [0, 0.05) is 6.07 Å². The summed E-state index contributed by atoms with van der Waals surface area (Å²) in [7, 11) is 0. The van der Waals surface area contributed by atoms with Crippen LogP contribution in [0.25, 0.3) is 0 Å². The van der Waals surface area contributed by atoms with E-state index in [2.05, 4.69) is 9.68 Å². The van der Waals surface area contributed by atoms with E-state index in [4.69, 9.17) is 5.11 Å². The molecule has 3 nitrogen and oxygen atoms in total. The van der Waals surface area contributed by atoms with Crippen LogP contribution >= 0.6 is 0 Å². The van der Waals surface area contributed by atoms with Crippen LogP contribution < -0.4 is 0 Å². The zero-order valence-corrected chi connectivity index (χ0v) is 6.09. The van der Waals surface area contributed by atoms with Crippen molar-refractivity contribution in [2.24, 2.45) is 0 Å². The number of halogens is 3. The van der Waals surface area contributed by atoms with Crippen molar-refractivity contribution in [2.45, 2.75) is 19.2 Å². The van der Waals surface area contributed by atoms with Crippen molar-refractivity contribution in [1.29, 1.82) is 0 Å². The number of rotatable bonds is 1. The van der Waals surface area contributed by atoms with Crippen LogP contribution in [0.4, 0.5) is 13.2 Å².